The van der Waals surface area contributed by atoms with Gasteiger partial charge in [0.25, 0.3) is 0 Å². The lowest BCUT2D eigenvalue weighted by Crippen LogP contribution is -2.19. The molecule has 1 aromatic rings. The van der Waals surface area contributed by atoms with Gasteiger partial charge in [-0.05, 0) is 31.4 Å². The Morgan fingerprint density at radius 2 is 2.33 bits per heavy atom. The lowest BCUT2D eigenvalue weighted by atomic mass is 10.1. The SMILES string of the molecule is CCC(N)CCc1ccccn1. The molecule has 1 atom stereocenters. The molecular weight excluding hydrogens is 148 g/mol. The average molecular weight is 164 g/mol. The van der Waals surface area contributed by atoms with E-state index in [4.69, 9.17) is 5.73 Å². The van der Waals surface area contributed by atoms with Crippen LogP contribution in [-0.4, -0.2) is 11.0 Å². The highest BCUT2D eigenvalue weighted by molar-refractivity contribution is 5.03. The molecule has 0 aliphatic heterocycles. The van der Waals surface area contributed by atoms with E-state index >= 15 is 0 Å². The summed E-state index contributed by atoms with van der Waals surface area (Å²) in [6, 6.07) is 6.32. The van der Waals surface area contributed by atoms with Crippen molar-refractivity contribution in [3.05, 3.63) is 30.1 Å². The van der Waals surface area contributed by atoms with Gasteiger partial charge in [0.05, 0.1) is 0 Å². The number of nitrogens with two attached hydrogens (primary N) is 1. The van der Waals surface area contributed by atoms with Crippen molar-refractivity contribution >= 4 is 0 Å². The van der Waals surface area contributed by atoms with E-state index in [-0.39, 0.29) is 0 Å². The summed E-state index contributed by atoms with van der Waals surface area (Å²) in [5.74, 6) is 0. The van der Waals surface area contributed by atoms with E-state index in [1.807, 2.05) is 24.4 Å². The number of pyridine rings is 1. The fraction of sp³-hybridized carbons (Fsp3) is 0.500. The summed E-state index contributed by atoms with van der Waals surface area (Å²) in [5.41, 5.74) is 6.93. The van der Waals surface area contributed by atoms with Crippen molar-refractivity contribution in [1.29, 1.82) is 0 Å². The van der Waals surface area contributed by atoms with Gasteiger partial charge in [0.15, 0.2) is 0 Å². The van der Waals surface area contributed by atoms with Gasteiger partial charge < -0.3 is 5.73 Å². The summed E-state index contributed by atoms with van der Waals surface area (Å²) >= 11 is 0. The van der Waals surface area contributed by atoms with Crippen LogP contribution in [0.2, 0.25) is 0 Å². The second-order valence-electron chi connectivity index (χ2n) is 3.03. The quantitative estimate of drug-likeness (QED) is 0.736. The van der Waals surface area contributed by atoms with Crippen molar-refractivity contribution in [2.75, 3.05) is 0 Å². The van der Waals surface area contributed by atoms with Crippen LogP contribution >= 0.6 is 0 Å². The highest BCUT2D eigenvalue weighted by atomic mass is 14.7. The van der Waals surface area contributed by atoms with Gasteiger partial charge in [-0.1, -0.05) is 13.0 Å². The smallest absolute Gasteiger partial charge is 0.0404 e. The van der Waals surface area contributed by atoms with Gasteiger partial charge in [0.1, 0.15) is 0 Å². The second-order valence-corrected chi connectivity index (χ2v) is 3.03. The Labute approximate surface area is 73.8 Å². The molecule has 0 aliphatic rings. The number of hydrogen-bond acceptors (Lipinski definition) is 2. The minimum atomic E-state index is 0.326. The summed E-state index contributed by atoms with van der Waals surface area (Å²) in [5, 5.41) is 0. The molecule has 0 aliphatic carbocycles. The molecule has 2 nitrogen and oxygen atoms in total. The lowest BCUT2D eigenvalue weighted by Gasteiger charge is -2.06. The maximum absolute atomic E-state index is 5.79. The van der Waals surface area contributed by atoms with Gasteiger partial charge in [-0.25, -0.2) is 0 Å². The summed E-state index contributed by atoms with van der Waals surface area (Å²) in [4.78, 5) is 4.23. The van der Waals surface area contributed by atoms with Crippen molar-refractivity contribution in [3.63, 3.8) is 0 Å². The zero-order chi connectivity index (χ0) is 8.81. The van der Waals surface area contributed by atoms with Gasteiger partial charge >= 0.3 is 0 Å². The zero-order valence-corrected chi connectivity index (χ0v) is 7.53. The van der Waals surface area contributed by atoms with Gasteiger partial charge in [0.2, 0.25) is 0 Å². The van der Waals surface area contributed by atoms with Crippen LogP contribution in [0.1, 0.15) is 25.5 Å². The summed E-state index contributed by atoms with van der Waals surface area (Å²) in [6.45, 7) is 2.11. The molecule has 0 saturated carbocycles. The Morgan fingerprint density at radius 3 is 2.92 bits per heavy atom. The number of aryl methyl sites for hydroxylation is 1. The molecule has 0 bridgehead atoms. The molecule has 1 unspecified atom stereocenters. The van der Waals surface area contributed by atoms with Gasteiger partial charge in [-0.15, -0.1) is 0 Å². The zero-order valence-electron chi connectivity index (χ0n) is 7.53. The number of rotatable bonds is 4. The van der Waals surface area contributed by atoms with Gasteiger partial charge in [0, 0.05) is 17.9 Å². The molecule has 1 heterocycles. The predicted octanol–water partition coefficient (Wildman–Crippen LogP) is 1.75. The Bertz CT molecular complexity index is 208. The van der Waals surface area contributed by atoms with Crippen molar-refractivity contribution in [2.45, 2.75) is 32.2 Å². The monoisotopic (exact) mass is 164 g/mol. The third-order valence-corrected chi connectivity index (χ3v) is 2.02. The van der Waals surface area contributed by atoms with Crippen LogP contribution in [0.15, 0.2) is 24.4 Å². The molecule has 1 aromatic heterocycles. The molecule has 12 heavy (non-hydrogen) atoms. The third kappa shape index (κ3) is 3.01. The predicted molar refractivity (Wildman–Crippen MR) is 50.8 cm³/mol. The molecule has 0 saturated heterocycles. The first-order valence-corrected chi connectivity index (χ1v) is 4.48. The normalized spacial score (nSPS) is 12.8. The lowest BCUT2D eigenvalue weighted by molar-refractivity contribution is 0.591. The number of aromatic nitrogens is 1. The van der Waals surface area contributed by atoms with E-state index in [0.717, 1.165) is 25.0 Å². The summed E-state index contributed by atoms with van der Waals surface area (Å²) in [7, 11) is 0. The van der Waals surface area contributed by atoms with Crippen molar-refractivity contribution < 1.29 is 0 Å². The van der Waals surface area contributed by atoms with E-state index < -0.39 is 0 Å². The fourth-order valence-electron chi connectivity index (χ4n) is 1.08. The molecule has 0 radical (unpaired) electrons. The topological polar surface area (TPSA) is 38.9 Å². The van der Waals surface area contributed by atoms with E-state index in [1.165, 1.54) is 0 Å². The maximum Gasteiger partial charge on any atom is 0.0404 e. The van der Waals surface area contributed by atoms with E-state index in [2.05, 4.69) is 11.9 Å². The average Bonchev–Trinajstić information content (AvgIpc) is 2.16. The second kappa shape index (κ2) is 4.88. The number of nitrogens with zero attached hydrogens (tertiary/aromatic N) is 1. The highest BCUT2D eigenvalue weighted by Crippen LogP contribution is 2.02. The molecule has 0 spiro atoms. The number of hydrogen-bond donors (Lipinski definition) is 1. The van der Waals surface area contributed by atoms with Crippen LogP contribution in [0, 0.1) is 0 Å². The van der Waals surface area contributed by atoms with E-state index in [9.17, 15) is 0 Å². The molecule has 2 N–H and O–H groups in total. The Hall–Kier alpha value is -0.890. The van der Waals surface area contributed by atoms with Gasteiger partial charge in [-0.2, -0.15) is 0 Å². The molecule has 1 rings (SSSR count). The third-order valence-electron chi connectivity index (χ3n) is 2.02. The Balaban J connectivity index is 2.33. The molecular formula is C10H16N2. The van der Waals surface area contributed by atoms with E-state index in [0.29, 0.717) is 6.04 Å². The molecule has 0 amide bonds. The van der Waals surface area contributed by atoms with Crippen LogP contribution in [0.5, 0.6) is 0 Å². The first kappa shape index (κ1) is 9.20. The van der Waals surface area contributed by atoms with E-state index in [1.54, 1.807) is 0 Å². The molecule has 0 fully saturated rings. The largest absolute Gasteiger partial charge is 0.328 e. The van der Waals surface area contributed by atoms with Crippen molar-refractivity contribution in [1.82, 2.24) is 4.98 Å². The molecule has 66 valence electrons. The van der Waals surface area contributed by atoms with Crippen LogP contribution in [0.4, 0.5) is 0 Å². The van der Waals surface area contributed by atoms with Crippen LogP contribution in [-0.2, 0) is 6.42 Å². The highest BCUT2D eigenvalue weighted by Gasteiger charge is 1.99. The summed E-state index contributed by atoms with van der Waals surface area (Å²) in [6.07, 6.45) is 4.91. The first-order chi connectivity index (χ1) is 5.83. The van der Waals surface area contributed by atoms with Crippen LogP contribution in [0.3, 0.4) is 0 Å². The van der Waals surface area contributed by atoms with Crippen molar-refractivity contribution in [2.24, 2.45) is 5.73 Å². The van der Waals surface area contributed by atoms with Crippen LogP contribution < -0.4 is 5.73 Å². The standard InChI is InChI=1S/C10H16N2/c1-2-9(11)6-7-10-5-3-4-8-12-10/h3-5,8-9H,2,6-7,11H2,1H3. The minimum absolute atomic E-state index is 0.326. The van der Waals surface area contributed by atoms with Crippen LogP contribution in [0.25, 0.3) is 0 Å². The molecule has 0 aromatic carbocycles. The first-order valence-electron chi connectivity index (χ1n) is 4.48. The summed E-state index contributed by atoms with van der Waals surface area (Å²) < 4.78 is 0. The fourth-order valence-corrected chi connectivity index (χ4v) is 1.08. The Kier molecular flexibility index (Phi) is 3.74. The maximum atomic E-state index is 5.79. The van der Waals surface area contributed by atoms with Gasteiger partial charge in [-0.3, -0.25) is 4.98 Å². The minimum Gasteiger partial charge on any atom is -0.328 e. The van der Waals surface area contributed by atoms with Crippen molar-refractivity contribution in [3.8, 4) is 0 Å². The molecule has 2 heteroatoms. The Morgan fingerprint density at radius 1 is 1.50 bits per heavy atom.